The number of rotatable bonds is 7. The fourth-order valence-electron chi connectivity index (χ4n) is 6.72. The van der Waals surface area contributed by atoms with Crippen molar-refractivity contribution in [2.45, 2.75) is 64.6 Å². The van der Waals surface area contributed by atoms with E-state index >= 15 is 0 Å². The molecule has 1 amide bonds. The van der Waals surface area contributed by atoms with Gasteiger partial charge in [0.2, 0.25) is 11.8 Å². The van der Waals surface area contributed by atoms with Gasteiger partial charge in [-0.05, 0) is 67.1 Å². The van der Waals surface area contributed by atoms with Gasteiger partial charge >= 0.3 is 0 Å². The Morgan fingerprint density at radius 3 is 2.43 bits per heavy atom. The van der Waals surface area contributed by atoms with E-state index in [1.165, 1.54) is 12.1 Å². The van der Waals surface area contributed by atoms with Crippen molar-refractivity contribution in [3.63, 3.8) is 0 Å². The van der Waals surface area contributed by atoms with Crippen LogP contribution in [-0.2, 0) is 26.0 Å². The van der Waals surface area contributed by atoms with E-state index in [0.29, 0.717) is 44.2 Å². The first-order chi connectivity index (χ1) is 24.3. The molecule has 2 atom stereocenters. The molecule has 4 heterocycles. The molecule has 1 saturated heterocycles. The van der Waals surface area contributed by atoms with Crippen LogP contribution in [0.5, 0.6) is 5.88 Å². The number of nitrogens with one attached hydrogen (secondary N) is 1. The molecule has 1 N–H and O–H groups in total. The molecule has 6 rings (SSSR count). The van der Waals surface area contributed by atoms with Crippen LogP contribution in [0.3, 0.4) is 0 Å². The fraction of sp³-hybridized carbons (Fsp3) is 0.421. The van der Waals surface area contributed by atoms with Gasteiger partial charge in [-0.25, -0.2) is 23.1 Å². The van der Waals surface area contributed by atoms with Gasteiger partial charge < -0.3 is 24.0 Å². The minimum atomic E-state index is -4.19. The summed E-state index contributed by atoms with van der Waals surface area (Å²) in [4.78, 5) is 32.6. The summed E-state index contributed by atoms with van der Waals surface area (Å²) in [7, 11) is -2.52. The van der Waals surface area contributed by atoms with E-state index in [-0.39, 0.29) is 52.8 Å². The molecule has 13 heteroatoms. The maximum Gasteiger partial charge on any atom is 0.264 e. The highest BCUT2D eigenvalue weighted by atomic mass is 32.2. The molecule has 0 aliphatic carbocycles. The Kier molecular flexibility index (Phi) is 10.6. The summed E-state index contributed by atoms with van der Waals surface area (Å²) in [5.41, 5.74) is 4.03. The summed E-state index contributed by atoms with van der Waals surface area (Å²) in [6.45, 7) is 12.8. The topological polar surface area (TPSA) is 136 Å². The van der Waals surface area contributed by atoms with E-state index in [9.17, 15) is 13.2 Å². The Bertz CT molecular complexity index is 1980. The van der Waals surface area contributed by atoms with Gasteiger partial charge in [-0.1, -0.05) is 51.1 Å². The molecule has 0 unspecified atom stereocenters. The molecule has 2 aliphatic heterocycles. The first-order valence-electron chi connectivity index (χ1n) is 17.1. The summed E-state index contributed by atoms with van der Waals surface area (Å²) in [5.74, 6) is 0.496. The molecule has 51 heavy (non-hydrogen) atoms. The molecule has 4 aromatic rings. The maximum absolute atomic E-state index is 14.6. The smallest absolute Gasteiger partial charge is 0.264 e. The van der Waals surface area contributed by atoms with Crippen molar-refractivity contribution in [2.24, 2.45) is 5.41 Å². The second kappa shape index (κ2) is 14.9. The predicted octanol–water partition coefficient (Wildman–Crippen LogP) is 5.65. The van der Waals surface area contributed by atoms with Crippen LogP contribution in [0.4, 0.5) is 11.8 Å². The molecule has 2 aromatic heterocycles. The molecule has 0 saturated carbocycles. The van der Waals surface area contributed by atoms with Gasteiger partial charge in [0, 0.05) is 30.8 Å². The number of aryl methyl sites for hydroxylation is 2. The third-order valence-corrected chi connectivity index (χ3v) is 10.4. The van der Waals surface area contributed by atoms with E-state index in [1.54, 1.807) is 30.2 Å². The molecule has 0 spiro atoms. The number of benzene rings is 2. The Morgan fingerprint density at radius 2 is 1.69 bits per heavy atom. The predicted molar refractivity (Wildman–Crippen MR) is 195 cm³/mol. The lowest BCUT2D eigenvalue weighted by atomic mass is 9.87. The molecule has 0 radical (unpaired) electrons. The van der Waals surface area contributed by atoms with Crippen LogP contribution >= 0.6 is 0 Å². The number of nitrogens with zero attached hydrogens (tertiary/aromatic N) is 5. The summed E-state index contributed by atoms with van der Waals surface area (Å²) < 4.78 is 47.6. The highest BCUT2D eigenvalue weighted by molar-refractivity contribution is 7.92. The average Bonchev–Trinajstić information content (AvgIpc) is 3.08. The largest absolute Gasteiger partial charge is 0.475 e. The van der Waals surface area contributed by atoms with Gasteiger partial charge in [0.05, 0.1) is 54.7 Å². The van der Waals surface area contributed by atoms with Gasteiger partial charge in [-0.15, -0.1) is 0 Å². The van der Waals surface area contributed by atoms with Crippen LogP contribution < -0.4 is 14.4 Å². The SMILES string of the molecule is COC[C@H]1COCCN1c1cccc(CN2C(=O)c3cccc(c3)S(=O)(=O)Nc3nc(cc(-c4c(C)cccc4C)n3)OC[C@H]2CC(C)(C)C)n1. The molecule has 270 valence electrons. The standard InChI is InChI=1S/C38H46N6O6S/c1-25-10-7-11-26(2)35(25)32-19-34-41-37(40-32)42-51(46,47)31-14-8-12-27(18-31)36(45)44(29(24-50-34)20-38(3,4)5)21-28-13-9-15-33(39-28)43-16-17-49-23-30(43)22-48-6/h7-15,18-19,29-30H,16-17,20-24H2,1-6H3,(H,40,41,42)/t29-,30+/m1/s1. The molecular formula is C38H46N6O6S. The minimum absolute atomic E-state index is 0.00477. The zero-order valence-electron chi connectivity index (χ0n) is 30.0. The Labute approximate surface area is 300 Å². The van der Waals surface area contributed by atoms with Crippen molar-refractivity contribution in [3.8, 4) is 17.1 Å². The van der Waals surface area contributed by atoms with Crippen molar-refractivity contribution in [1.29, 1.82) is 0 Å². The third-order valence-electron chi connectivity index (χ3n) is 9.04. The summed E-state index contributed by atoms with van der Waals surface area (Å²) in [5, 5.41) is 0. The lowest BCUT2D eigenvalue weighted by Crippen LogP contribution is -2.48. The quantitative estimate of drug-likeness (QED) is 0.256. The van der Waals surface area contributed by atoms with E-state index in [1.807, 2.05) is 50.2 Å². The number of hydrogen-bond acceptors (Lipinski definition) is 10. The van der Waals surface area contributed by atoms with Crippen LogP contribution in [0.2, 0.25) is 0 Å². The number of hydrogen-bond donors (Lipinski definition) is 1. The Hall–Kier alpha value is -4.59. The Morgan fingerprint density at radius 1 is 0.941 bits per heavy atom. The second-order valence-corrected chi connectivity index (χ2v) is 16.0. The highest BCUT2D eigenvalue weighted by Crippen LogP contribution is 2.32. The number of sulfonamides is 1. The first kappa shape index (κ1) is 36.2. The van der Waals surface area contributed by atoms with E-state index < -0.39 is 16.1 Å². The van der Waals surface area contributed by atoms with Gasteiger partial charge in [0.15, 0.2) is 0 Å². The van der Waals surface area contributed by atoms with Crippen LogP contribution in [0.1, 0.15) is 54.4 Å². The monoisotopic (exact) mass is 714 g/mol. The summed E-state index contributed by atoms with van der Waals surface area (Å²) in [6.07, 6.45) is 0.579. The summed E-state index contributed by atoms with van der Waals surface area (Å²) >= 11 is 0. The van der Waals surface area contributed by atoms with Gasteiger partial charge in [-0.2, -0.15) is 4.98 Å². The number of carbonyl (C=O) groups is 1. The zero-order valence-corrected chi connectivity index (χ0v) is 30.9. The lowest BCUT2D eigenvalue weighted by Gasteiger charge is -2.37. The fourth-order valence-corrected chi connectivity index (χ4v) is 7.71. The number of aromatic nitrogens is 3. The number of ether oxygens (including phenoxy) is 3. The molecule has 2 aromatic carbocycles. The van der Waals surface area contributed by atoms with Gasteiger partial charge in [-0.3, -0.25) is 4.79 Å². The lowest BCUT2D eigenvalue weighted by molar-refractivity contribution is 0.0508. The first-order valence-corrected chi connectivity index (χ1v) is 18.6. The highest BCUT2D eigenvalue weighted by Gasteiger charge is 2.32. The molecular weight excluding hydrogens is 669 g/mol. The maximum atomic E-state index is 14.6. The number of morpholine rings is 1. The number of anilines is 2. The van der Waals surface area contributed by atoms with Crippen molar-refractivity contribution in [1.82, 2.24) is 19.9 Å². The van der Waals surface area contributed by atoms with Crippen molar-refractivity contribution < 1.29 is 27.4 Å². The minimum Gasteiger partial charge on any atom is -0.475 e. The number of amides is 1. The van der Waals surface area contributed by atoms with E-state index in [2.05, 4.69) is 40.4 Å². The van der Waals surface area contributed by atoms with Crippen LogP contribution in [-0.4, -0.2) is 86.3 Å². The molecule has 4 bridgehead atoms. The normalized spacial score (nSPS) is 19.3. The molecule has 1 fully saturated rings. The number of methoxy groups -OCH3 is 1. The van der Waals surface area contributed by atoms with Crippen molar-refractivity contribution in [2.75, 3.05) is 49.7 Å². The van der Waals surface area contributed by atoms with Crippen LogP contribution in [0, 0.1) is 19.3 Å². The third kappa shape index (κ3) is 8.49. The van der Waals surface area contributed by atoms with Gasteiger partial charge in [0.1, 0.15) is 12.4 Å². The van der Waals surface area contributed by atoms with Crippen LogP contribution in [0.15, 0.2) is 71.6 Å². The Balaban J connectivity index is 1.45. The van der Waals surface area contributed by atoms with Crippen molar-refractivity contribution in [3.05, 3.63) is 89.1 Å². The average molecular weight is 715 g/mol. The molecule has 2 aliphatic rings. The van der Waals surface area contributed by atoms with Crippen LogP contribution in [0.25, 0.3) is 11.3 Å². The molecule has 12 nitrogen and oxygen atoms in total. The zero-order chi connectivity index (χ0) is 36.3. The van der Waals surface area contributed by atoms with E-state index in [4.69, 9.17) is 19.2 Å². The van der Waals surface area contributed by atoms with Crippen molar-refractivity contribution >= 4 is 27.7 Å². The number of carbonyl (C=O) groups excluding carboxylic acids is 1. The number of pyridine rings is 1. The second-order valence-electron chi connectivity index (χ2n) is 14.3. The summed E-state index contributed by atoms with van der Waals surface area (Å²) in [6, 6.07) is 19.0. The van der Waals surface area contributed by atoms with Gasteiger partial charge in [0.25, 0.3) is 15.9 Å². The number of fused-ring (bicyclic) bond motifs is 4. The van der Waals surface area contributed by atoms with E-state index in [0.717, 1.165) is 22.5 Å².